The van der Waals surface area contributed by atoms with Crippen LogP contribution in [0.3, 0.4) is 0 Å². The fourth-order valence-electron chi connectivity index (χ4n) is 1.66. The zero-order valence-electron chi connectivity index (χ0n) is 11.2. The number of hydrogen-bond acceptors (Lipinski definition) is 1. The maximum atomic E-state index is 4.58. The van der Waals surface area contributed by atoms with E-state index in [4.69, 9.17) is 0 Å². The van der Waals surface area contributed by atoms with Gasteiger partial charge in [0.25, 0.3) is 0 Å². The van der Waals surface area contributed by atoms with Crippen molar-refractivity contribution in [3.05, 3.63) is 29.1 Å². The van der Waals surface area contributed by atoms with Gasteiger partial charge in [0.1, 0.15) is 0 Å². The zero-order chi connectivity index (χ0) is 12.6. The van der Waals surface area contributed by atoms with Crippen LogP contribution in [0.15, 0.2) is 12.3 Å². The van der Waals surface area contributed by atoms with Crippen molar-refractivity contribution in [2.75, 3.05) is 0 Å². The second-order valence-corrected chi connectivity index (χ2v) is 6.91. The van der Waals surface area contributed by atoms with Crippen molar-refractivity contribution in [2.24, 2.45) is 0 Å². The van der Waals surface area contributed by atoms with Crippen molar-refractivity contribution in [1.82, 2.24) is 4.98 Å². The van der Waals surface area contributed by atoms with Gasteiger partial charge in [0, 0.05) is 11.5 Å². The minimum Gasteiger partial charge on any atom is -0.260 e. The van der Waals surface area contributed by atoms with E-state index in [2.05, 4.69) is 68.5 Å². The summed E-state index contributed by atoms with van der Waals surface area (Å²) in [5, 5.41) is 0.823. The van der Waals surface area contributed by atoms with E-state index in [1.165, 1.54) is 11.1 Å². The van der Waals surface area contributed by atoms with Crippen LogP contribution >= 0.6 is 15.9 Å². The van der Waals surface area contributed by atoms with Crippen LogP contribution < -0.4 is 0 Å². The molecule has 0 saturated heterocycles. The summed E-state index contributed by atoms with van der Waals surface area (Å²) in [5.74, 6) is 0. The monoisotopic (exact) mass is 283 g/mol. The second kappa shape index (κ2) is 4.48. The average Bonchev–Trinajstić information content (AvgIpc) is 2.14. The van der Waals surface area contributed by atoms with E-state index in [-0.39, 0.29) is 10.8 Å². The molecule has 2 heteroatoms. The molecule has 0 fully saturated rings. The molecule has 90 valence electrons. The van der Waals surface area contributed by atoms with Gasteiger partial charge in [-0.1, -0.05) is 63.5 Å². The minimum atomic E-state index is 0.150. The second-order valence-electron chi connectivity index (χ2n) is 6.35. The van der Waals surface area contributed by atoms with E-state index in [1.54, 1.807) is 0 Å². The SMILES string of the molecule is CC(C)(C)c1cnc(CBr)c(C(C)(C)C)c1. The highest BCUT2D eigenvalue weighted by Crippen LogP contribution is 2.30. The minimum absolute atomic E-state index is 0.150. The van der Waals surface area contributed by atoms with Crippen molar-refractivity contribution in [1.29, 1.82) is 0 Å². The number of rotatable bonds is 1. The summed E-state index contributed by atoms with van der Waals surface area (Å²) in [4.78, 5) is 4.58. The Balaban J connectivity index is 3.34. The van der Waals surface area contributed by atoms with Gasteiger partial charge >= 0.3 is 0 Å². The predicted molar refractivity (Wildman–Crippen MR) is 74.3 cm³/mol. The van der Waals surface area contributed by atoms with Crippen molar-refractivity contribution in [3.63, 3.8) is 0 Å². The van der Waals surface area contributed by atoms with E-state index in [0.717, 1.165) is 11.0 Å². The molecule has 0 amide bonds. The predicted octanol–water partition coefficient (Wildman–Crippen LogP) is 4.57. The smallest absolute Gasteiger partial charge is 0.0546 e. The molecule has 0 atom stereocenters. The highest BCUT2D eigenvalue weighted by Gasteiger charge is 2.22. The fraction of sp³-hybridized carbons (Fsp3) is 0.643. The molecule has 0 unspecified atom stereocenters. The standard InChI is InChI=1S/C14H22BrN/c1-13(2,3)10-7-11(14(4,5)6)12(8-15)16-9-10/h7,9H,8H2,1-6H3. The van der Waals surface area contributed by atoms with E-state index < -0.39 is 0 Å². The normalized spacial score (nSPS) is 12.9. The molecule has 0 aromatic carbocycles. The summed E-state index contributed by atoms with van der Waals surface area (Å²) in [6.45, 7) is 13.4. The Morgan fingerprint density at radius 2 is 1.62 bits per heavy atom. The lowest BCUT2D eigenvalue weighted by molar-refractivity contribution is 0.559. The van der Waals surface area contributed by atoms with Gasteiger partial charge in [0.15, 0.2) is 0 Å². The lowest BCUT2D eigenvalue weighted by Crippen LogP contribution is -2.19. The first kappa shape index (κ1) is 13.7. The average molecular weight is 284 g/mol. The van der Waals surface area contributed by atoms with Crippen molar-refractivity contribution in [2.45, 2.75) is 57.7 Å². The van der Waals surface area contributed by atoms with Crippen LogP contribution in [0.1, 0.15) is 58.4 Å². The van der Waals surface area contributed by atoms with Crippen LogP contribution in [0.4, 0.5) is 0 Å². The molecule has 16 heavy (non-hydrogen) atoms. The maximum absolute atomic E-state index is 4.58. The molecular formula is C14H22BrN. The van der Waals surface area contributed by atoms with Crippen molar-refractivity contribution in [3.8, 4) is 0 Å². The molecular weight excluding hydrogens is 262 g/mol. The first-order valence-electron chi connectivity index (χ1n) is 5.72. The number of nitrogens with zero attached hydrogens (tertiary/aromatic N) is 1. The summed E-state index contributed by atoms with van der Waals surface area (Å²) in [6.07, 6.45) is 2.01. The molecule has 0 saturated carbocycles. The number of halogens is 1. The van der Waals surface area contributed by atoms with E-state index in [0.29, 0.717) is 0 Å². The molecule has 1 aromatic rings. The van der Waals surface area contributed by atoms with Gasteiger partial charge in [0.05, 0.1) is 5.69 Å². The summed E-state index contributed by atoms with van der Waals surface area (Å²) in [7, 11) is 0. The zero-order valence-corrected chi connectivity index (χ0v) is 12.8. The van der Waals surface area contributed by atoms with Gasteiger partial charge in [-0.05, 0) is 22.0 Å². The lowest BCUT2D eigenvalue weighted by Gasteiger charge is -2.26. The van der Waals surface area contributed by atoms with E-state index in [1.807, 2.05) is 6.20 Å². The number of aromatic nitrogens is 1. The summed E-state index contributed by atoms with van der Waals surface area (Å²) >= 11 is 3.51. The summed E-state index contributed by atoms with van der Waals surface area (Å²) in [6, 6.07) is 2.31. The Morgan fingerprint density at radius 3 is 2.00 bits per heavy atom. The number of alkyl halides is 1. The van der Waals surface area contributed by atoms with Crippen LogP contribution in [0, 0.1) is 0 Å². The Bertz CT molecular complexity index is 369. The number of pyridine rings is 1. The molecule has 1 aromatic heterocycles. The Morgan fingerprint density at radius 1 is 1.06 bits per heavy atom. The van der Waals surface area contributed by atoms with Crippen LogP contribution in [0.25, 0.3) is 0 Å². The molecule has 1 rings (SSSR count). The van der Waals surface area contributed by atoms with Gasteiger partial charge in [-0.3, -0.25) is 4.98 Å². The molecule has 1 nitrogen and oxygen atoms in total. The molecule has 1 heterocycles. The third-order valence-corrected chi connectivity index (χ3v) is 3.30. The molecule has 0 N–H and O–H groups in total. The van der Waals surface area contributed by atoms with Gasteiger partial charge in [-0.25, -0.2) is 0 Å². The van der Waals surface area contributed by atoms with Gasteiger partial charge < -0.3 is 0 Å². The molecule has 0 spiro atoms. The third kappa shape index (κ3) is 3.07. The largest absolute Gasteiger partial charge is 0.260 e. The first-order chi connectivity index (χ1) is 7.16. The van der Waals surface area contributed by atoms with E-state index in [9.17, 15) is 0 Å². The van der Waals surface area contributed by atoms with Gasteiger partial charge in [-0.2, -0.15) is 0 Å². The summed E-state index contributed by atoms with van der Waals surface area (Å²) in [5.41, 5.74) is 4.12. The van der Waals surface area contributed by atoms with Crippen molar-refractivity contribution < 1.29 is 0 Å². The summed E-state index contributed by atoms with van der Waals surface area (Å²) < 4.78 is 0. The molecule has 0 radical (unpaired) electrons. The topological polar surface area (TPSA) is 12.9 Å². The molecule has 0 aliphatic carbocycles. The van der Waals surface area contributed by atoms with Crippen molar-refractivity contribution >= 4 is 15.9 Å². The van der Waals surface area contributed by atoms with Crippen LogP contribution in [-0.4, -0.2) is 4.98 Å². The number of hydrogen-bond donors (Lipinski definition) is 0. The van der Waals surface area contributed by atoms with Crippen LogP contribution in [-0.2, 0) is 16.2 Å². The quantitative estimate of drug-likeness (QED) is 0.688. The molecule has 0 aliphatic rings. The molecule has 0 bridgehead atoms. The van der Waals surface area contributed by atoms with E-state index >= 15 is 0 Å². The van der Waals surface area contributed by atoms with Crippen LogP contribution in [0.5, 0.6) is 0 Å². The highest BCUT2D eigenvalue weighted by atomic mass is 79.9. The Kier molecular flexibility index (Phi) is 3.83. The molecule has 0 aliphatic heterocycles. The maximum Gasteiger partial charge on any atom is 0.0546 e. The third-order valence-electron chi connectivity index (χ3n) is 2.77. The lowest BCUT2D eigenvalue weighted by atomic mass is 9.81. The highest BCUT2D eigenvalue weighted by molar-refractivity contribution is 9.08. The fourth-order valence-corrected chi connectivity index (χ4v) is 2.11. The van der Waals surface area contributed by atoms with Crippen LogP contribution in [0.2, 0.25) is 0 Å². The first-order valence-corrected chi connectivity index (χ1v) is 6.84. The van der Waals surface area contributed by atoms with Gasteiger partial charge in [-0.15, -0.1) is 0 Å². The Labute approximate surface area is 108 Å². The Hall–Kier alpha value is -0.370. The van der Waals surface area contributed by atoms with Gasteiger partial charge in [0.2, 0.25) is 0 Å².